The number of unbranched alkanes of at least 4 members (excludes halogenated alkanes) is 1. The molecule has 5 heteroatoms. The molecular weight excluding hydrogens is 230 g/mol. The molecule has 1 saturated heterocycles. The van der Waals surface area contributed by atoms with Crippen LogP contribution in [-0.4, -0.2) is 55.7 Å². The van der Waals surface area contributed by atoms with Crippen molar-refractivity contribution in [2.45, 2.75) is 38.6 Å². The number of nitrogens with two attached hydrogens (primary N) is 1. The second-order valence-corrected chi connectivity index (χ2v) is 5.43. The van der Waals surface area contributed by atoms with E-state index < -0.39 is 0 Å². The third kappa shape index (κ3) is 5.33. The number of nitrogens with one attached hydrogen (secondary N) is 1. The van der Waals surface area contributed by atoms with Gasteiger partial charge in [0.1, 0.15) is 0 Å². The molecule has 18 heavy (non-hydrogen) atoms. The van der Waals surface area contributed by atoms with Crippen molar-refractivity contribution in [2.24, 2.45) is 5.73 Å². The molecule has 0 spiro atoms. The van der Waals surface area contributed by atoms with Crippen molar-refractivity contribution in [2.75, 3.05) is 39.4 Å². The summed E-state index contributed by atoms with van der Waals surface area (Å²) in [7, 11) is 0. The van der Waals surface area contributed by atoms with Gasteiger partial charge in [-0.1, -0.05) is 0 Å². The molecule has 0 aromatic rings. The molecule has 1 amide bonds. The lowest BCUT2D eigenvalue weighted by atomic mass is 10.0. The number of carbonyl (C=O) groups is 1. The minimum atomic E-state index is -0.00664. The molecule has 1 aliphatic heterocycles. The molecule has 0 aromatic heterocycles. The number of ether oxygens (including phenoxy) is 1. The van der Waals surface area contributed by atoms with Gasteiger partial charge in [-0.25, -0.2) is 0 Å². The van der Waals surface area contributed by atoms with Crippen LogP contribution in [0.25, 0.3) is 0 Å². The van der Waals surface area contributed by atoms with Crippen LogP contribution in [0.3, 0.4) is 0 Å². The van der Waals surface area contributed by atoms with Crippen molar-refractivity contribution in [3.8, 4) is 0 Å². The van der Waals surface area contributed by atoms with E-state index in [0.29, 0.717) is 19.5 Å². The predicted octanol–water partition coefficient (Wildman–Crippen LogP) is 0.342. The average Bonchev–Trinajstić information content (AvgIpc) is 2.38. The molecule has 5 nitrogen and oxygen atoms in total. The zero-order valence-corrected chi connectivity index (χ0v) is 11.7. The van der Waals surface area contributed by atoms with Crippen LogP contribution in [0.15, 0.2) is 0 Å². The SMILES string of the molecule is CC(C)(CNC(=O)CCCCN)N1CCOCC1. The van der Waals surface area contributed by atoms with Crippen LogP contribution in [0, 0.1) is 0 Å². The lowest BCUT2D eigenvalue weighted by Gasteiger charge is -2.40. The smallest absolute Gasteiger partial charge is 0.220 e. The van der Waals surface area contributed by atoms with Crippen molar-refractivity contribution in [1.82, 2.24) is 10.2 Å². The van der Waals surface area contributed by atoms with Crippen LogP contribution in [-0.2, 0) is 9.53 Å². The summed E-state index contributed by atoms with van der Waals surface area (Å²) in [6.07, 6.45) is 2.37. The van der Waals surface area contributed by atoms with Crippen LogP contribution in [0.1, 0.15) is 33.1 Å². The first-order chi connectivity index (χ1) is 8.56. The number of nitrogens with zero attached hydrogens (tertiary/aromatic N) is 1. The summed E-state index contributed by atoms with van der Waals surface area (Å²) in [6, 6.07) is 0. The third-order valence-corrected chi connectivity index (χ3v) is 3.44. The highest BCUT2D eigenvalue weighted by molar-refractivity contribution is 5.75. The van der Waals surface area contributed by atoms with Crippen molar-refractivity contribution in [1.29, 1.82) is 0 Å². The van der Waals surface area contributed by atoms with Gasteiger partial charge in [0.2, 0.25) is 5.91 Å². The maximum Gasteiger partial charge on any atom is 0.220 e. The van der Waals surface area contributed by atoms with E-state index >= 15 is 0 Å². The molecule has 0 aromatic carbocycles. The van der Waals surface area contributed by atoms with Gasteiger partial charge in [-0.15, -0.1) is 0 Å². The van der Waals surface area contributed by atoms with Crippen LogP contribution in [0.4, 0.5) is 0 Å². The molecular formula is C13H27N3O2. The Balaban J connectivity index is 2.24. The fourth-order valence-corrected chi connectivity index (χ4v) is 2.11. The summed E-state index contributed by atoms with van der Waals surface area (Å²) in [6.45, 7) is 9.13. The number of hydrogen-bond donors (Lipinski definition) is 2. The summed E-state index contributed by atoms with van der Waals surface area (Å²) < 4.78 is 5.35. The molecule has 0 bridgehead atoms. The van der Waals surface area contributed by atoms with Crippen LogP contribution in [0.5, 0.6) is 0 Å². The summed E-state index contributed by atoms with van der Waals surface area (Å²) >= 11 is 0. The Hall–Kier alpha value is -0.650. The number of amides is 1. The molecule has 3 N–H and O–H groups in total. The Morgan fingerprint density at radius 2 is 2.00 bits per heavy atom. The Morgan fingerprint density at radius 1 is 1.33 bits per heavy atom. The molecule has 1 fully saturated rings. The average molecular weight is 257 g/mol. The van der Waals surface area contributed by atoms with E-state index in [1.165, 1.54) is 0 Å². The zero-order chi connectivity index (χ0) is 13.4. The highest BCUT2D eigenvalue weighted by atomic mass is 16.5. The van der Waals surface area contributed by atoms with Crippen molar-refractivity contribution in [3.63, 3.8) is 0 Å². The van der Waals surface area contributed by atoms with Gasteiger partial charge in [0, 0.05) is 31.6 Å². The van der Waals surface area contributed by atoms with E-state index in [4.69, 9.17) is 10.5 Å². The van der Waals surface area contributed by atoms with Gasteiger partial charge in [0.25, 0.3) is 0 Å². The Bertz CT molecular complexity index is 251. The summed E-state index contributed by atoms with van der Waals surface area (Å²) in [5.74, 6) is 0.129. The highest BCUT2D eigenvalue weighted by Crippen LogP contribution is 2.15. The van der Waals surface area contributed by atoms with E-state index in [1.54, 1.807) is 0 Å². The molecule has 1 aliphatic rings. The quantitative estimate of drug-likeness (QED) is 0.646. The summed E-state index contributed by atoms with van der Waals surface area (Å²) in [5, 5.41) is 3.02. The lowest BCUT2D eigenvalue weighted by Crippen LogP contribution is -2.55. The molecule has 0 unspecified atom stereocenters. The van der Waals surface area contributed by atoms with Gasteiger partial charge >= 0.3 is 0 Å². The number of hydrogen-bond acceptors (Lipinski definition) is 4. The number of morpholine rings is 1. The third-order valence-electron chi connectivity index (χ3n) is 3.44. The van der Waals surface area contributed by atoms with E-state index in [2.05, 4.69) is 24.1 Å². The predicted molar refractivity (Wildman–Crippen MR) is 72.4 cm³/mol. The topological polar surface area (TPSA) is 67.6 Å². The van der Waals surface area contributed by atoms with E-state index in [1.807, 2.05) is 0 Å². The lowest BCUT2D eigenvalue weighted by molar-refractivity contribution is -0.122. The maximum absolute atomic E-state index is 11.7. The first-order valence-corrected chi connectivity index (χ1v) is 6.86. The Labute approximate surface area is 110 Å². The van der Waals surface area contributed by atoms with E-state index in [0.717, 1.165) is 39.1 Å². The maximum atomic E-state index is 11.7. The standard InChI is InChI=1S/C13H27N3O2/c1-13(2,16-7-9-18-10-8-16)11-15-12(17)5-3-4-6-14/h3-11,14H2,1-2H3,(H,15,17). The van der Waals surface area contributed by atoms with Gasteiger partial charge in [-0.05, 0) is 33.2 Å². The molecule has 0 atom stereocenters. The van der Waals surface area contributed by atoms with Gasteiger partial charge in [0.15, 0.2) is 0 Å². The van der Waals surface area contributed by atoms with Crippen molar-refractivity contribution < 1.29 is 9.53 Å². The first-order valence-electron chi connectivity index (χ1n) is 6.86. The second-order valence-electron chi connectivity index (χ2n) is 5.43. The zero-order valence-electron chi connectivity index (χ0n) is 11.7. The van der Waals surface area contributed by atoms with Crippen LogP contribution in [0.2, 0.25) is 0 Å². The van der Waals surface area contributed by atoms with E-state index in [-0.39, 0.29) is 11.4 Å². The normalized spacial score (nSPS) is 17.7. The number of carbonyl (C=O) groups excluding carboxylic acids is 1. The minimum Gasteiger partial charge on any atom is -0.379 e. The molecule has 106 valence electrons. The highest BCUT2D eigenvalue weighted by Gasteiger charge is 2.28. The molecule has 0 saturated carbocycles. The minimum absolute atomic E-state index is 0.00664. The molecule has 1 rings (SSSR count). The Morgan fingerprint density at radius 3 is 2.61 bits per heavy atom. The van der Waals surface area contributed by atoms with Gasteiger partial charge in [-0.3, -0.25) is 9.69 Å². The number of rotatable bonds is 7. The molecule has 0 aliphatic carbocycles. The van der Waals surface area contributed by atoms with Crippen LogP contribution >= 0.6 is 0 Å². The van der Waals surface area contributed by atoms with Crippen molar-refractivity contribution >= 4 is 5.91 Å². The van der Waals surface area contributed by atoms with E-state index in [9.17, 15) is 4.79 Å². The van der Waals surface area contributed by atoms with Gasteiger partial charge < -0.3 is 15.8 Å². The van der Waals surface area contributed by atoms with Crippen LogP contribution < -0.4 is 11.1 Å². The fraction of sp³-hybridized carbons (Fsp3) is 0.923. The monoisotopic (exact) mass is 257 g/mol. The fourth-order valence-electron chi connectivity index (χ4n) is 2.11. The Kier molecular flexibility index (Phi) is 6.60. The second kappa shape index (κ2) is 7.71. The molecule has 1 heterocycles. The summed E-state index contributed by atoms with van der Waals surface area (Å²) in [4.78, 5) is 14.0. The van der Waals surface area contributed by atoms with Gasteiger partial charge in [0.05, 0.1) is 13.2 Å². The molecule has 0 radical (unpaired) electrons. The van der Waals surface area contributed by atoms with Gasteiger partial charge in [-0.2, -0.15) is 0 Å². The first kappa shape index (κ1) is 15.4. The summed E-state index contributed by atoms with van der Waals surface area (Å²) in [5.41, 5.74) is 5.40. The largest absolute Gasteiger partial charge is 0.379 e. The van der Waals surface area contributed by atoms with Crippen molar-refractivity contribution in [3.05, 3.63) is 0 Å².